The zero-order chi connectivity index (χ0) is 13.6. The van der Waals surface area contributed by atoms with E-state index in [4.69, 9.17) is 12.2 Å². The smallest absolute Gasteiger partial charge is 0.107 e. The molecule has 20 heavy (non-hydrogen) atoms. The lowest BCUT2D eigenvalue weighted by atomic mass is 9.54. The van der Waals surface area contributed by atoms with Gasteiger partial charge in [-0.25, -0.2) is 0 Å². The van der Waals surface area contributed by atoms with E-state index in [0.29, 0.717) is 5.54 Å². The summed E-state index contributed by atoms with van der Waals surface area (Å²) in [6, 6.07) is 10.5. The Bertz CT molecular complexity index is 507. The lowest BCUT2D eigenvalue weighted by Crippen LogP contribution is -2.57. The maximum atomic E-state index is 5.68. The third-order valence-electron chi connectivity index (χ3n) is 5.99. The van der Waals surface area contributed by atoms with Crippen molar-refractivity contribution in [1.29, 1.82) is 0 Å². The van der Waals surface area contributed by atoms with E-state index in [1.54, 1.807) is 0 Å². The maximum Gasteiger partial charge on any atom is 0.107 e. The van der Waals surface area contributed by atoms with Gasteiger partial charge in [0, 0.05) is 11.1 Å². The summed E-state index contributed by atoms with van der Waals surface area (Å²) in [5, 5.41) is 3.80. The molecule has 3 aliphatic rings. The molecule has 3 fully saturated rings. The molecule has 0 aliphatic heterocycles. The van der Waals surface area contributed by atoms with E-state index in [0.717, 1.165) is 22.7 Å². The SMILES string of the molecule is S=C(NC12CCC3CCC(CC3C1)C2)c1ccccc1. The van der Waals surface area contributed by atoms with Crippen molar-refractivity contribution in [3.05, 3.63) is 35.9 Å². The second-order valence-electron chi connectivity index (χ2n) is 7.25. The van der Waals surface area contributed by atoms with Gasteiger partial charge in [0.2, 0.25) is 0 Å². The highest BCUT2D eigenvalue weighted by molar-refractivity contribution is 7.80. The molecule has 106 valence electrons. The van der Waals surface area contributed by atoms with Gasteiger partial charge in [-0.2, -0.15) is 0 Å². The van der Waals surface area contributed by atoms with Crippen LogP contribution in [0.15, 0.2) is 30.3 Å². The first-order chi connectivity index (χ1) is 9.74. The molecule has 4 unspecified atom stereocenters. The number of hydrogen-bond donors (Lipinski definition) is 1. The predicted octanol–water partition coefficient (Wildman–Crippen LogP) is 4.31. The molecule has 4 atom stereocenters. The van der Waals surface area contributed by atoms with Crippen molar-refractivity contribution < 1.29 is 0 Å². The number of nitrogens with one attached hydrogen (secondary N) is 1. The molecular weight excluding hydrogens is 262 g/mol. The van der Waals surface area contributed by atoms with Crippen LogP contribution >= 0.6 is 12.2 Å². The number of benzene rings is 1. The first-order valence-electron chi connectivity index (χ1n) is 8.12. The van der Waals surface area contributed by atoms with Crippen molar-refractivity contribution in [2.75, 3.05) is 0 Å². The minimum absolute atomic E-state index is 0.317. The highest BCUT2D eigenvalue weighted by Gasteiger charge is 2.49. The fraction of sp³-hybridized carbons (Fsp3) is 0.611. The van der Waals surface area contributed by atoms with Crippen molar-refractivity contribution in [2.24, 2.45) is 17.8 Å². The van der Waals surface area contributed by atoms with Crippen LogP contribution in [0, 0.1) is 17.8 Å². The first kappa shape index (κ1) is 12.8. The normalized spacial score (nSPS) is 38.5. The Morgan fingerprint density at radius 1 is 1.05 bits per heavy atom. The molecule has 3 bridgehead atoms. The van der Waals surface area contributed by atoms with Crippen LogP contribution in [-0.2, 0) is 0 Å². The van der Waals surface area contributed by atoms with Crippen LogP contribution in [-0.4, -0.2) is 10.5 Å². The Balaban J connectivity index is 1.55. The van der Waals surface area contributed by atoms with E-state index in [1.807, 2.05) is 0 Å². The summed E-state index contributed by atoms with van der Waals surface area (Å²) in [6.07, 6.45) is 9.91. The second kappa shape index (κ2) is 4.84. The highest BCUT2D eigenvalue weighted by Crippen LogP contribution is 2.54. The number of hydrogen-bond acceptors (Lipinski definition) is 1. The van der Waals surface area contributed by atoms with Crippen molar-refractivity contribution >= 4 is 17.2 Å². The first-order valence-corrected chi connectivity index (χ1v) is 8.52. The predicted molar refractivity (Wildman–Crippen MR) is 86.8 cm³/mol. The highest BCUT2D eigenvalue weighted by atomic mass is 32.1. The van der Waals surface area contributed by atoms with Gasteiger partial charge in [0.15, 0.2) is 0 Å². The van der Waals surface area contributed by atoms with Gasteiger partial charge < -0.3 is 5.32 Å². The molecule has 2 heteroatoms. The molecule has 4 rings (SSSR count). The topological polar surface area (TPSA) is 12.0 Å². The number of rotatable bonds is 2. The monoisotopic (exact) mass is 285 g/mol. The zero-order valence-electron chi connectivity index (χ0n) is 12.0. The minimum atomic E-state index is 0.317. The quantitative estimate of drug-likeness (QED) is 0.813. The Morgan fingerprint density at radius 2 is 1.90 bits per heavy atom. The molecule has 0 amide bonds. The average molecular weight is 285 g/mol. The van der Waals surface area contributed by atoms with Crippen LogP contribution in [0.25, 0.3) is 0 Å². The van der Waals surface area contributed by atoms with Crippen LogP contribution < -0.4 is 5.32 Å². The van der Waals surface area contributed by atoms with E-state index in [2.05, 4.69) is 35.6 Å². The molecule has 1 aromatic rings. The van der Waals surface area contributed by atoms with Crippen LogP contribution in [0.3, 0.4) is 0 Å². The van der Waals surface area contributed by atoms with Crippen molar-refractivity contribution in [1.82, 2.24) is 5.32 Å². The van der Waals surface area contributed by atoms with Crippen molar-refractivity contribution in [2.45, 2.75) is 50.5 Å². The van der Waals surface area contributed by atoms with Crippen LogP contribution in [0.5, 0.6) is 0 Å². The van der Waals surface area contributed by atoms with Gasteiger partial charge in [0.25, 0.3) is 0 Å². The lowest BCUT2D eigenvalue weighted by molar-refractivity contribution is 0.00526. The molecule has 0 heterocycles. The minimum Gasteiger partial charge on any atom is -0.370 e. The zero-order valence-corrected chi connectivity index (χ0v) is 12.8. The maximum absolute atomic E-state index is 5.68. The van der Waals surface area contributed by atoms with E-state index in [1.165, 1.54) is 50.5 Å². The van der Waals surface area contributed by atoms with Crippen LogP contribution in [0.1, 0.15) is 50.5 Å². The Kier molecular flexibility index (Phi) is 3.10. The van der Waals surface area contributed by atoms with E-state index in [9.17, 15) is 0 Å². The summed E-state index contributed by atoms with van der Waals surface area (Å²) in [7, 11) is 0. The van der Waals surface area contributed by atoms with Crippen LogP contribution in [0.4, 0.5) is 0 Å². The second-order valence-corrected chi connectivity index (χ2v) is 7.65. The lowest BCUT2D eigenvalue weighted by Gasteiger charge is -2.55. The van der Waals surface area contributed by atoms with E-state index >= 15 is 0 Å². The molecule has 3 saturated carbocycles. The largest absolute Gasteiger partial charge is 0.370 e. The molecule has 0 radical (unpaired) electrons. The molecule has 1 aromatic carbocycles. The molecule has 0 aromatic heterocycles. The molecule has 0 saturated heterocycles. The molecule has 1 nitrogen and oxygen atoms in total. The summed E-state index contributed by atoms with van der Waals surface area (Å²) in [6.45, 7) is 0. The third kappa shape index (κ3) is 2.18. The van der Waals surface area contributed by atoms with Gasteiger partial charge >= 0.3 is 0 Å². The number of thiocarbonyl (C=S) groups is 1. The van der Waals surface area contributed by atoms with Gasteiger partial charge in [0.05, 0.1) is 0 Å². The summed E-state index contributed by atoms with van der Waals surface area (Å²) in [5.74, 6) is 2.95. The van der Waals surface area contributed by atoms with Gasteiger partial charge in [-0.1, -0.05) is 49.0 Å². The third-order valence-corrected chi connectivity index (χ3v) is 6.33. The Hall–Kier alpha value is -0.890. The summed E-state index contributed by atoms with van der Waals surface area (Å²) >= 11 is 5.68. The average Bonchev–Trinajstić information content (AvgIpc) is 2.46. The van der Waals surface area contributed by atoms with Crippen molar-refractivity contribution in [3.63, 3.8) is 0 Å². The van der Waals surface area contributed by atoms with E-state index < -0.39 is 0 Å². The van der Waals surface area contributed by atoms with E-state index in [-0.39, 0.29) is 0 Å². The Morgan fingerprint density at radius 3 is 2.75 bits per heavy atom. The molecular formula is C18H23NS. The summed E-state index contributed by atoms with van der Waals surface area (Å²) in [5.41, 5.74) is 1.49. The molecule has 1 N–H and O–H groups in total. The molecule has 0 spiro atoms. The number of fused-ring (bicyclic) bond motifs is 2. The molecule has 3 aliphatic carbocycles. The van der Waals surface area contributed by atoms with Gasteiger partial charge in [-0.15, -0.1) is 0 Å². The van der Waals surface area contributed by atoms with Gasteiger partial charge in [0.1, 0.15) is 4.99 Å². The fourth-order valence-electron chi connectivity index (χ4n) is 5.11. The van der Waals surface area contributed by atoms with Crippen LogP contribution in [0.2, 0.25) is 0 Å². The van der Waals surface area contributed by atoms with Gasteiger partial charge in [-0.05, 0) is 56.3 Å². The fourth-order valence-corrected chi connectivity index (χ4v) is 5.46. The summed E-state index contributed by atoms with van der Waals surface area (Å²) in [4.78, 5) is 0.962. The summed E-state index contributed by atoms with van der Waals surface area (Å²) < 4.78 is 0. The standard InChI is InChI=1S/C18H23NS/c20-17(15-4-2-1-3-5-15)19-18-9-8-14-7-6-13(11-18)10-16(14)12-18/h1-5,13-14,16H,6-12H2,(H,19,20). The van der Waals surface area contributed by atoms with Crippen molar-refractivity contribution in [3.8, 4) is 0 Å². The van der Waals surface area contributed by atoms with Gasteiger partial charge in [-0.3, -0.25) is 0 Å². The Labute approximate surface area is 127 Å².